The first-order valence-electron chi connectivity index (χ1n) is 11.9. The van der Waals surface area contributed by atoms with Gasteiger partial charge >= 0.3 is 0 Å². The number of anilines is 1. The first-order chi connectivity index (χ1) is 15.6. The van der Waals surface area contributed by atoms with Gasteiger partial charge in [0.15, 0.2) is 0 Å². The molecule has 3 rings (SSSR count). The van der Waals surface area contributed by atoms with Gasteiger partial charge in [0, 0.05) is 18.7 Å². The van der Waals surface area contributed by atoms with Gasteiger partial charge in [0.1, 0.15) is 6.04 Å². The zero-order chi connectivity index (χ0) is 24.4. The minimum atomic E-state index is -0.967. The zero-order valence-electron chi connectivity index (χ0n) is 20.1. The molecule has 4 N–H and O–H groups in total. The smallest absolute Gasteiger partial charge is 0.264 e. The van der Waals surface area contributed by atoms with Crippen LogP contribution in [-0.2, 0) is 9.59 Å². The number of rotatable bonds is 10. The number of piperidine rings is 1. The summed E-state index contributed by atoms with van der Waals surface area (Å²) >= 11 is 0. The van der Waals surface area contributed by atoms with Crippen LogP contribution in [-0.4, -0.2) is 47.7 Å². The highest BCUT2D eigenvalue weighted by Crippen LogP contribution is 2.41. The topological polar surface area (TPSA) is 122 Å². The molecule has 2 aliphatic rings. The quantitative estimate of drug-likeness (QED) is 0.465. The van der Waals surface area contributed by atoms with Crippen molar-refractivity contribution in [2.75, 3.05) is 18.4 Å². The van der Waals surface area contributed by atoms with Crippen LogP contribution >= 0.6 is 0 Å². The summed E-state index contributed by atoms with van der Waals surface area (Å²) in [7, 11) is 0. The fraction of sp³-hybridized carbons (Fsp3) is 0.600. The molecule has 4 amide bonds. The fourth-order valence-electron chi connectivity index (χ4n) is 5.05. The Kier molecular flexibility index (Phi) is 7.26. The van der Waals surface area contributed by atoms with Gasteiger partial charge in [-0.1, -0.05) is 40.2 Å². The van der Waals surface area contributed by atoms with E-state index in [1.54, 1.807) is 18.2 Å². The van der Waals surface area contributed by atoms with E-state index in [9.17, 15) is 19.2 Å². The van der Waals surface area contributed by atoms with Gasteiger partial charge in [0.2, 0.25) is 11.8 Å². The molecular formula is C25H36N4O4. The Morgan fingerprint density at radius 3 is 2.39 bits per heavy atom. The van der Waals surface area contributed by atoms with E-state index in [4.69, 9.17) is 5.73 Å². The van der Waals surface area contributed by atoms with Crippen molar-refractivity contribution < 1.29 is 19.2 Å². The van der Waals surface area contributed by atoms with Crippen molar-refractivity contribution in [3.63, 3.8) is 0 Å². The summed E-state index contributed by atoms with van der Waals surface area (Å²) in [6.45, 7) is 10.1. The van der Waals surface area contributed by atoms with Crippen molar-refractivity contribution in [2.45, 2.75) is 72.3 Å². The molecule has 0 bridgehead atoms. The van der Waals surface area contributed by atoms with E-state index in [2.05, 4.69) is 38.3 Å². The third-order valence-electron chi connectivity index (χ3n) is 7.48. The normalized spacial score (nSPS) is 22.0. The fourth-order valence-corrected chi connectivity index (χ4v) is 5.05. The summed E-state index contributed by atoms with van der Waals surface area (Å²) in [5.41, 5.74) is 7.14. The van der Waals surface area contributed by atoms with Crippen LogP contribution in [0.3, 0.4) is 0 Å². The third-order valence-corrected chi connectivity index (χ3v) is 7.48. The molecule has 3 atom stereocenters. The number of amides is 4. The van der Waals surface area contributed by atoms with Crippen LogP contribution in [0.4, 0.5) is 5.69 Å². The first kappa shape index (κ1) is 24.9. The molecule has 33 heavy (non-hydrogen) atoms. The molecule has 1 fully saturated rings. The maximum atomic E-state index is 13.3. The van der Waals surface area contributed by atoms with E-state index in [1.807, 2.05) is 0 Å². The van der Waals surface area contributed by atoms with E-state index >= 15 is 0 Å². The second-order valence-electron chi connectivity index (χ2n) is 10.1. The Hall–Kier alpha value is -2.74. The summed E-state index contributed by atoms with van der Waals surface area (Å²) in [4.78, 5) is 51.2. The van der Waals surface area contributed by atoms with Crippen molar-refractivity contribution in [3.05, 3.63) is 29.3 Å². The predicted octanol–water partition coefficient (Wildman–Crippen LogP) is 3.07. The van der Waals surface area contributed by atoms with Crippen LogP contribution in [0.2, 0.25) is 0 Å². The first-order valence-corrected chi connectivity index (χ1v) is 11.9. The lowest BCUT2D eigenvalue weighted by atomic mass is 9.68. The van der Waals surface area contributed by atoms with Crippen LogP contribution in [0.25, 0.3) is 0 Å². The standard InChI is InChI=1S/C25H36N4O4/c1-5-24(3,12-13-26)14-25(4,6-2)15-27-17-9-7-8-16-20(17)23(33)29(22(16)32)18-10-11-19(30)28-21(18)31/h7-9,18,27H,5-6,10-15,26H2,1-4H3,(H,28,30,31). The van der Waals surface area contributed by atoms with Crippen molar-refractivity contribution in [1.82, 2.24) is 10.2 Å². The van der Waals surface area contributed by atoms with Crippen LogP contribution in [0.1, 0.15) is 86.9 Å². The van der Waals surface area contributed by atoms with Gasteiger partial charge in [-0.3, -0.25) is 29.4 Å². The van der Waals surface area contributed by atoms with Crippen molar-refractivity contribution in [2.24, 2.45) is 16.6 Å². The third kappa shape index (κ3) is 4.95. The number of hydrogen-bond donors (Lipinski definition) is 3. The lowest BCUT2D eigenvalue weighted by Gasteiger charge is -2.39. The molecule has 0 aliphatic carbocycles. The number of imide groups is 2. The molecule has 8 nitrogen and oxygen atoms in total. The molecule has 0 saturated carbocycles. The van der Waals surface area contributed by atoms with Gasteiger partial charge < -0.3 is 11.1 Å². The zero-order valence-corrected chi connectivity index (χ0v) is 20.1. The minimum absolute atomic E-state index is 0.0301. The van der Waals surface area contributed by atoms with Gasteiger partial charge in [-0.25, -0.2) is 0 Å². The molecule has 1 aromatic rings. The van der Waals surface area contributed by atoms with E-state index in [1.165, 1.54) is 0 Å². The lowest BCUT2D eigenvalue weighted by Crippen LogP contribution is -2.54. The highest BCUT2D eigenvalue weighted by atomic mass is 16.2. The van der Waals surface area contributed by atoms with Crippen molar-refractivity contribution in [1.29, 1.82) is 0 Å². The Balaban J connectivity index is 1.82. The molecule has 8 heteroatoms. The molecule has 3 unspecified atom stereocenters. The van der Waals surface area contributed by atoms with E-state index in [0.717, 1.165) is 30.6 Å². The monoisotopic (exact) mass is 456 g/mol. The Morgan fingerprint density at radius 2 is 1.79 bits per heavy atom. The number of carbonyl (C=O) groups excluding carboxylic acids is 4. The van der Waals surface area contributed by atoms with Gasteiger partial charge in [-0.05, 0) is 55.2 Å². The highest BCUT2D eigenvalue weighted by molar-refractivity contribution is 6.25. The number of benzene rings is 1. The van der Waals surface area contributed by atoms with Gasteiger partial charge in [0.25, 0.3) is 11.8 Å². The molecule has 1 saturated heterocycles. The SMILES string of the molecule is CCC(C)(CCN)CC(C)(CC)CNc1cccc2c1C(=O)N(C1CCC(=O)NC1=O)C2=O. The van der Waals surface area contributed by atoms with Crippen LogP contribution < -0.4 is 16.4 Å². The van der Waals surface area contributed by atoms with Crippen LogP contribution in [0, 0.1) is 10.8 Å². The summed E-state index contributed by atoms with van der Waals surface area (Å²) < 4.78 is 0. The molecule has 1 aromatic carbocycles. The molecule has 2 aliphatic heterocycles. The van der Waals surface area contributed by atoms with Crippen LogP contribution in [0.15, 0.2) is 18.2 Å². The average molecular weight is 457 g/mol. The largest absolute Gasteiger partial charge is 0.384 e. The summed E-state index contributed by atoms with van der Waals surface area (Å²) in [5, 5.41) is 5.66. The second-order valence-corrected chi connectivity index (χ2v) is 10.1. The molecule has 0 spiro atoms. The van der Waals surface area contributed by atoms with E-state index < -0.39 is 23.8 Å². The number of nitrogens with one attached hydrogen (secondary N) is 2. The number of nitrogens with two attached hydrogens (primary N) is 1. The summed E-state index contributed by atoms with van der Waals surface area (Å²) in [5.74, 6) is -1.98. The molecule has 0 radical (unpaired) electrons. The maximum absolute atomic E-state index is 13.3. The Bertz CT molecular complexity index is 962. The van der Waals surface area contributed by atoms with Gasteiger partial charge in [0.05, 0.1) is 11.1 Å². The molecule has 180 valence electrons. The number of carbonyl (C=O) groups is 4. The number of fused-ring (bicyclic) bond motifs is 1. The predicted molar refractivity (Wildman–Crippen MR) is 127 cm³/mol. The summed E-state index contributed by atoms with van der Waals surface area (Å²) in [6, 6.07) is 4.19. The summed E-state index contributed by atoms with van der Waals surface area (Å²) in [6.07, 6.45) is 4.17. The Labute approximate surface area is 195 Å². The van der Waals surface area contributed by atoms with E-state index in [-0.39, 0.29) is 35.1 Å². The minimum Gasteiger partial charge on any atom is -0.384 e. The van der Waals surface area contributed by atoms with Crippen molar-refractivity contribution in [3.8, 4) is 0 Å². The lowest BCUT2D eigenvalue weighted by molar-refractivity contribution is -0.136. The number of hydrogen-bond acceptors (Lipinski definition) is 6. The highest BCUT2D eigenvalue weighted by Gasteiger charge is 2.45. The van der Waals surface area contributed by atoms with Gasteiger partial charge in [-0.15, -0.1) is 0 Å². The second kappa shape index (κ2) is 9.63. The van der Waals surface area contributed by atoms with Crippen LogP contribution in [0.5, 0.6) is 0 Å². The Morgan fingerprint density at radius 1 is 1.09 bits per heavy atom. The van der Waals surface area contributed by atoms with Gasteiger partial charge in [-0.2, -0.15) is 0 Å². The van der Waals surface area contributed by atoms with Crippen molar-refractivity contribution >= 4 is 29.3 Å². The molecular weight excluding hydrogens is 420 g/mol. The molecule has 2 heterocycles. The molecule has 0 aromatic heterocycles. The van der Waals surface area contributed by atoms with E-state index in [0.29, 0.717) is 24.3 Å². The number of nitrogens with zero attached hydrogens (tertiary/aromatic N) is 1. The average Bonchev–Trinajstić information content (AvgIpc) is 3.03. The maximum Gasteiger partial charge on any atom is 0.264 e.